The first-order chi connectivity index (χ1) is 15.4. The molecule has 2 unspecified atom stereocenters. The van der Waals surface area contributed by atoms with Gasteiger partial charge in [0, 0.05) is 22.3 Å². The van der Waals surface area contributed by atoms with Crippen LogP contribution in [-0.2, 0) is 9.59 Å². The van der Waals surface area contributed by atoms with Gasteiger partial charge in [-0.2, -0.15) is 0 Å². The molecule has 3 heteroatoms. The van der Waals surface area contributed by atoms with Crippen LogP contribution in [0.15, 0.2) is 34.9 Å². The van der Waals surface area contributed by atoms with Crippen LogP contribution in [0.3, 0.4) is 0 Å². The third-order valence-electron chi connectivity index (χ3n) is 7.68. The van der Waals surface area contributed by atoms with Crippen LogP contribution in [0.1, 0.15) is 119 Å². The number of carbonyl (C=O) groups excluding carboxylic acids is 2. The molecule has 0 aromatic rings. The SMILES string of the molecule is C=C[C@](O)(CCCC(C)CCCC(C)CCCC(C)C)CCC1=C(C)C(=O)C(C)=C(C)C1=O. The first kappa shape index (κ1) is 29.6. The molecule has 0 spiro atoms. The van der Waals surface area contributed by atoms with Crippen molar-refractivity contribution >= 4 is 11.6 Å². The van der Waals surface area contributed by atoms with E-state index in [1.807, 2.05) is 0 Å². The van der Waals surface area contributed by atoms with Gasteiger partial charge in [0.05, 0.1) is 5.60 Å². The quantitative estimate of drug-likeness (QED) is 0.189. The van der Waals surface area contributed by atoms with Gasteiger partial charge in [-0.15, -0.1) is 6.58 Å². The summed E-state index contributed by atoms with van der Waals surface area (Å²) in [6.07, 6.45) is 13.0. The zero-order valence-corrected chi connectivity index (χ0v) is 22.6. The van der Waals surface area contributed by atoms with E-state index in [0.29, 0.717) is 47.5 Å². The molecule has 0 fully saturated rings. The van der Waals surface area contributed by atoms with Crippen LogP contribution in [0.5, 0.6) is 0 Å². The van der Waals surface area contributed by atoms with Gasteiger partial charge in [-0.3, -0.25) is 9.59 Å². The van der Waals surface area contributed by atoms with E-state index in [1.54, 1.807) is 26.8 Å². The zero-order chi connectivity index (χ0) is 25.2. The highest BCUT2D eigenvalue weighted by atomic mass is 16.3. The first-order valence-electron chi connectivity index (χ1n) is 13.2. The van der Waals surface area contributed by atoms with Gasteiger partial charge in [0.2, 0.25) is 0 Å². The van der Waals surface area contributed by atoms with Gasteiger partial charge in [0.15, 0.2) is 11.6 Å². The van der Waals surface area contributed by atoms with E-state index >= 15 is 0 Å². The van der Waals surface area contributed by atoms with Crippen LogP contribution in [0.4, 0.5) is 0 Å². The highest BCUT2D eigenvalue weighted by Gasteiger charge is 2.30. The van der Waals surface area contributed by atoms with E-state index in [1.165, 1.54) is 38.5 Å². The molecule has 3 nitrogen and oxygen atoms in total. The average Bonchev–Trinajstić information content (AvgIpc) is 2.76. The van der Waals surface area contributed by atoms with E-state index in [4.69, 9.17) is 0 Å². The van der Waals surface area contributed by atoms with Crippen molar-refractivity contribution in [2.24, 2.45) is 17.8 Å². The minimum atomic E-state index is -0.995. The predicted molar refractivity (Wildman–Crippen MR) is 140 cm³/mol. The number of aliphatic hydroxyl groups is 1. The molecule has 0 heterocycles. The summed E-state index contributed by atoms with van der Waals surface area (Å²) < 4.78 is 0. The second-order valence-electron chi connectivity index (χ2n) is 11.2. The molecule has 33 heavy (non-hydrogen) atoms. The van der Waals surface area contributed by atoms with Crippen LogP contribution < -0.4 is 0 Å². The normalized spacial score (nSPS) is 18.7. The third-order valence-corrected chi connectivity index (χ3v) is 7.68. The molecule has 0 saturated carbocycles. The van der Waals surface area contributed by atoms with Crippen molar-refractivity contribution in [2.45, 2.75) is 125 Å². The Morgan fingerprint density at radius 1 is 0.758 bits per heavy atom. The maximum absolute atomic E-state index is 12.7. The Balaban J connectivity index is 2.41. The first-order valence-corrected chi connectivity index (χ1v) is 13.2. The molecule has 1 aliphatic carbocycles. The van der Waals surface area contributed by atoms with Crippen molar-refractivity contribution in [3.63, 3.8) is 0 Å². The van der Waals surface area contributed by atoms with Gasteiger partial charge in [0.1, 0.15) is 0 Å². The van der Waals surface area contributed by atoms with Crippen LogP contribution >= 0.6 is 0 Å². The lowest BCUT2D eigenvalue weighted by atomic mass is 9.81. The molecule has 1 rings (SSSR count). The Morgan fingerprint density at radius 3 is 1.76 bits per heavy atom. The van der Waals surface area contributed by atoms with Crippen molar-refractivity contribution in [2.75, 3.05) is 0 Å². The Bertz CT molecular complexity index is 740. The topological polar surface area (TPSA) is 54.4 Å². The number of carbonyl (C=O) groups is 2. The lowest BCUT2D eigenvalue weighted by Crippen LogP contribution is -2.28. The Kier molecular flexibility index (Phi) is 12.6. The van der Waals surface area contributed by atoms with Crippen LogP contribution in [0.2, 0.25) is 0 Å². The van der Waals surface area contributed by atoms with Crippen molar-refractivity contribution in [1.29, 1.82) is 0 Å². The van der Waals surface area contributed by atoms with Gasteiger partial charge in [-0.1, -0.05) is 78.7 Å². The lowest BCUT2D eigenvalue weighted by Gasteiger charge is -2.27. The molecule has 0 radical (unpaired) electrons. The van der Waals surface area contributed by atoms with Gasteiger partial charge in [-0.05, 0) is 64.2 Å². The van der Waals surface area contributed by atoms with Crippen molar-refractivity contribution in [3.05, 3.63) is 34.9 Å². The van der Waals surface area contributed by atoms with E-state index in [-0.39, 0.29) is 11.6 Å². The zero-order valence-electron chi connectivity index (χ0n) is 22.6. The number of rotatable bonds is 16. The summed E-state index contributed by atoms with van der Waals surface area (Å²) in [5.74, 6) is 2.18. The molecule has 3 atom stereocenters. The molecular weight excluding hydrogens is 408 g/mol. The summed E-state index contributed by atoms with van der Waals surface area (Å²) in [5.41, 5.74) is 1.16. The summed E-state index contributed by atoms with van der Waals surface area (Å²) in [7, 11) is 0. The predicted octanol–water partition coefficient (Wildman–Crippen LogP) is 7.93. The maximum atomic E-state index is 12.7. The van der Waals surface area contributed by atoms with Crippen LogP contribution in [0, 0.1) is 17.8 Å². The second-order valence-corrected chi connectivity index (χ2v) is 11.2. The molecule has 0 saturated heterocycles. The molecule has 0 aromatic heterocycles. The van der Waals surface area contributed by atoms with Crippen LogP contribution in [-0.4, -0.2) is 22.3 Å². The Morgan fingerprint density at radius 2 is 1.24 bits per heavy atom. The molecule has 1 N–H and O–H groups in total. The highest BCUT2D eigenvalue weighted by Crippen LogP contribution is 2.31. The van der Waals surface area contributed by atoms with Crippen molar-refractivity contribution in [1.82, 2.24) is 0 Å². The number of ketones is 2. The standard InChI is InChI=1S/C30H50O3/c1-9-30(33,20-18-27-26(8)28(31)24(6)25(7)29(27)32)19-12-17-23(5)16-11-15-22(4)14-10-13-21(2)3/h9,21-23,33H,1,10-20H2,2-8H3/t22?,23?,30-/m0/s1. The number of Topliss-reactive ketones (excluding diaryl/α,β-unsaturated/α-hetero) is 2. The van der Waals surface area contributed by atoms with Gasteiger partial charge < -0.3 is 5.11 Å². The van der Waals surface area contributed by atoms with Gasteiger partial charge in [0.25, 0.3) is 0 Å². The van der Waals surface area contributed by atoms with E-state index in [9.17, 15) is 14.7 Å². The monoisotopic (exact) mass is 458 g/mol. The fourth-order valence-corrected chi connectivity index (χ4v) is 4.86. The van der Waals surface area contributed by atoms with Gasteiger partial charge >= 0.3 is 0 Å². The third kappa shape index (κ3) is 9.73. The number of allylic oxidation sites excluding steroid dienone is 4. The second kappa shape index (κ2) is 14.0. The van der Waals surface area contributed by atoms with E-state index in [2.05, 4.69) is 34.3 Å². The number of hydrogen-bond acceptors (Lipinski definition) is 3. The lowest BCUT2D eigenvalue weighted by molar-refractivity contribution is -0.116. The van der Waals surface area contributed by atoms with E-state index in [0.717, 1.165) is 24.7 Å². The number of hydrogen-bond donors (Lipinski definition) is 1. The molecule has 0 aliphatic heterocycles. The molecule has 1 aliphatic rings. The Labute approximate surface area is 203 Å². The summed E-state index contributed by atoms with van der Waals surface area (Å²) in [6.45, 7) is 18.3. The smallest absolute Gasteiger partial charge is 0.185 e. The fraction of sp³-hybridized carbons (Fsp3) is 0.733. The molecule has 0 aromatic carbocycles. The van der Waals surface area contributed by atoms with Crippen molar-refractivity contribution in [3.8, 4) is 0 Å². The summed E-state index contributed by atoms with van der Waals surface area (Å²) in [4.78, 5) is 25.0. The van der Waals surface area contributed by atoms with Gasteiger partial charge in [-0.25, -0.2) is 0 Å². The summed E-state index contributed by atoms with van der Waals surface area (Å²) in [5, 5.41) is 11.0. The molecule has 0 amide bonds. The minimum Gasteiger partial charge on any atom is -0.386 e. The molecule has 0 bridgehead atoms. The summed E-state index contributed by atoms with van der Waals surface area (Å²) in [6, 6.07) is 0. The largest absolute Gasteiger partial charge is 0.386 e. The molecule has 188 valence electrons. The highest BCUT2D eigenvalue weighted by molar-refractivity contribution is 6.24. The fourth-order valence-electron chi connectivity index (χ4n) is 4.86. The minimum absolute atomic E-state index is 0.0488. The Hall–Kier alpha value is -1.48. The van der Waals surface area contributed by atoms with E-state index < -0.39 is 5.60 Å². The summed E-state index contributed by atoms with van der Waals surface area (Å²) >= 11 is 0. The van der Waals surface area contributed by atoms with Crippen LogP contribution in [0.25, 0.3) is 0 Å². The maximum Gasteiger partial charge on any atom is 0.185 e. The molecular formula is C30H50O3. The average molecular weight is 459 g/mol. The van der Waals surface area contributed by atoms with Crippen molar-refractivity contribution < 1.29 is 14.7 Å².